The fourth-order valence-corrected chi connectivity index (χ4v) is 3.45. The van der Waals surface area contributed by atoms with E-state index in [1.165, 1.54) is 5.56 Å². The quantitative estimate of drug-likeness (QED) is 0.377. The molecule has 0 atom stereocenters. The molecule has 0 fully saturated rings. The SMILES string of the molecule is Cc1ccc(OCCCn2c(CNC(=O)COc3ccccc3)nc3ccccc32)cc1. The summed E-state index contributed by atoms with van der Waals surface area (Å²) >= 11 is 0. The van der Waals surface area contributed by atoms with Crippen molar-refractivity contribution in [3.8, 4) is 11.5 Å². The fourth-order valence-electron chi connectivity index (χ4n) is 3.45. The van der Waals surface area contributed by atoms with Crippen LogP contribution in [0.4, 0.5) is 0 Å². The lowest BCUT2D eigenvalue weighted by atomic mass is 10.2. The molecule has 0 spiro atoms. The van der Waals surface area contributed by atoms with Crippen LogP contribution in [-0.2, 0) is 17.9 Å². The fraction of sp³-hybridized carbons (Fsp3) is 0.231. The number of hydrogen-bond acceptors (Lipinski definition) is 4. The first-order chi connectivity index (χ1) is 15.7. The molecule has 0 radical (unpaired) electrons. The third-order valence-corrected chi connectivity index (χ3v) is 5.11. The zero-order chi connectivity index (χ0) is 22.2. The Balaban J connectivity index is 1.34. The van der Waals surface area contributed by atoms with Gasteiger partial charge in [-0.3, -0.25) is 4.79 Å². The van der Waals surface area contributed by atoms with Gasteiger partial charge in [0, 0.05) is 6.54 Å². The third kappa shape index (κ3) is 5.66. The lowest BCUT2D eigenvalue weighted by Crippen LogP contribution is -2.29. The molecule has 0 saturated heterocycles. The van der Waals surface area contributed by atoms with E-state index in [-0.39, 0.29) is 12.5 Å². The Morgan fingerprint density at radius 1 is 0.906 bits per heavy atom. The van der Waals surface area contributed by atoms with Crippen LogP contribution < -0.4 is 14.8 Å². The zero-order valence-electron chi connectivity index (χ0n) is 18.2. The predicted octanol–water partition coefficient (Wildman–Crippen LogP) is 4.51. The summed E-state index contributed by atoms with van der Waals surface area (Å²) < 4.78 is 13.5. The molecule has 0 aliphatic rings. The monoisotopic (exact) mass is 429 g/mol. The van der Waals surface area contributed by atoms with E-state index in [1.807, 2.05) is 78.9 Å². The van der Waals surface area contributed by atoms with E-state index >= 15 is 0 Å². The van der Waals surface area contributed by atoms with Gasteiger partial charge in [0.05, 0.1) is 24.2 Å². The smallest absolute Gasteiger partial charge is 0.258 e. The summed E-state index contributed by atoms with van der Waals surface area (Å²) in [5, 5.41) is 2.91. The molecule has 0 saturated carbocycles. The molecule has 1 N–H and O–H groups in total. The Kier molecular flexibility index (Phi) is 7.02. The second-order valence-corrected chi connectivity index (χ2v) is 7.56. The van der Waals surface area contributed by atoms with Crippen molar-refractivity contribution in [3.63, 3.8) is 0 Å². The minimum atomic E-state index is -0.185. The van der Waals surface area contributed by atoms with E-state index in [0.29, 0.717) is 18.9 Å². The first kappa shape index (κ1) is 21.4. The van der Waals surface area contributed by atoms with Gasteiger partial charge in [-0.05, 0) is 49.7 Å². The number of fused-ring (bicyclic) bond motifs is 1. The van der Waals surface area contributed by atoms with Gasteiger partial charge in [0.25, 0.3) is 5.91 Å². The van der Waals surface area contributed by atoms with Crippen molar-refractivity contribution in [1.82, 2.24) is 14.9 Å². The summed E-state index contributed by atoms with van der Waals surface area (Å²) in [7, 11) is 0. The average molecular weight is 430 g/mol. The van der Waals surface area contributed by atoms with Crippen LogP contribution in [0.2, 0.25) is 0 Å². The molecule has 6 heteroatoms. The third-order valence-electron chi connectivity index (χ3n) is 5.11. The standard InChI is InChI=1S/C26H27N3O3/c1-20-12-14-22(15-13-20)31-17-7-16-29-24-11-6-5-10-23(24)28-25(29)18-27-26(30)19-32-21-8-3-2-4-9-21/h2-6,8-15H,7,16-19H2,1H3,(H,27,30). The van der Waals surface area contributed by atoms with Crippen LogP contribution in [0, 0.1) is 6.92 Å². The summed E-state index contributed by atoms with van der Waals surface area (Å²) in [6, 6.07) is 25.4. The molecule has 1 aromatic heterocycles. The minimum Gasteiger partial charge on any atom is -0.494 e. The first-order valence-corrected chi connectivity index (χ1v) is 10.8. The van der Waals surface area contributed by atoms with Crippen LogP contribution in [0.1, 0.15) is 17.8 Å². The van der Waals surface area contributed by atoms with Crippen molar-refractivity contribution < 1.29 is 14.3 Å². The highest BCUT2D eigenvalue weighted by molar-refractivity contribution is 5.78. The van der Waals surface area contributed by atoms with Crippen LogP contribution in [0.3, 0.4) is 0 Å². The number of rotatable bonds is 10. The van der Waals surface area contributed by atoms with E-state index in [1.54, 1.807) is 0 Å². The van der Waals surface area contributed by atoms with Crippen molar-refractivity contribution >= 4 is 16.9 Å². The predicted molar refractivity (Wildman–Crippen MR) is 125 cm³/mol. The van der Waals surface area contributed by atoms with Crippen molar-refractivity contribution in [1.29, 1.82) is 0 Å². The van der Waals surface area contributed by atoms with Gasteiger partial charge >= 0.3 is 0 Å². The molecule has 0 bridgehead atoms. The highest BCUT2D eigenvalue weighted by atomic mass is 16.5. The topological polar surface area (TPSA) is 65.4 Å². The molecule has 3 aromatic carbocycles. The van der Waals surface area contributed by atoms with E-state index in [2.05, 4.69) is 16.8 Å². The molecule has 4 rings (SSSR count). The molecule has 6 nitrogen and oxygen atoms in total. The number of carbonyl (C=O) groups excluding carboxylic acids is 1. The van der Waals surface area contributed by atoms with Crippen molar-refractivity contribution in [2.24, 2.45) is 0 Å². The number of ether oxygens (including phenoxy) is 2. The van der Waals surface area contributed by atoms with E-state index in [4.69, 9.17) is 14.5 Å². The molecule has 0 aliphatic carbocycles. The van der Waals surface area contributed by atoms with Crippen molar-refractivity contribution in [3.05, 3.63) is 90.3 Å². The van der Waals surface area contributed by atoms with E-state index in [9.17, 15) is 4.79 Å². The molecule has 4 aromatic rings. The van der Waals surface area contributed by atoms with Crippen molar-refractivity contribution in [2.75, 3.05) is 13.2 Å². The number of aromatic nitrogens is 2. The highest BCUT2D eigenvalue weighted by Crippen LogP contribution is 2.17. The van der Waals surface area contributed by atoms with Gasteiger partial charge in [0.1, 0.15) is 17.3 Å². The Bertz CT molecular complexity index is 1150. The van der Waals surface area contributed by atoms with Crippen molar-refractivity contribution in [2.45, 2.75) is 26.4 Å². The number of nitrogens with one attached hydrogen (secondary N) is 1. The summed E-state index contributed by atoms with van der Waals surface area (Å²) in [6.07, 6.45) is 0.826. The average Bonchev–Trinajstić information content (AvgIpc) is 3.18. The number of para-hydroxylation sites is 3. The second-order valence-electron chi connectivity index (χ2n) is 7.56. The Morgan fingerprint density at radius 3 is 2.44 bits per heavy atom. The summed E-state index contributed by atoms with van der Waals surface area (Å²) in [5.74, 6) is 2.17. The largest absolute Gasteiger partial charge is 0.494 e. The molecular formula is C26H27N3O3. The first-order valence-electron chi connectivity index (χ1n) is 10.8. The normalized spacial score (nSPS) is 10.8. The van der Waals surface area contributed by atoms with Crippen LogP contribution in [0.25, 0.3) is 11.0 Å². The number of benzene rings is 3. The van der Waals surface area contributed by atoms with Gasteiger partial charge in [0.15, 0.2) is 6.61 Å². The van der Waals surface area contributed by atoms with E-state index < -0.39 is 0 Å². The zero-order valence-corrected chi connectivity index (χ0v) is 18.2. The molecule has 1 heterocycles. The van der Waals surface area contributed by atoms with E-state index in [0.717, 1.165) is 35.6 Å². The van der Waals surface area contributed by atoms with Crippen LogP contribution in [0.5, 0.6) is 11.5 Å². The van der Waals surface area contributed by atoms with Gasteiger partial charge in [0.2, 0.25) is 0 Å². The number of amides is 1. The van der Waals surface area contributed by atoms with Gasteiger partial charge in [-0.25, -0.2) is 4.98 Å². The summed E-state index contributed by atoms with van der Waals surface area (Å²) in [5.41, 5.74) is 3.17. The van der Waals surface area contributed by atoms with Gasteiger partial charge < -0.3 is 19.4 Å². The Labute approximate surface area is 187 Å². The Hall–Kier alpha value is -3.80. The number of imidazole rings is 1. The number of carbonyl (C=O) groups is 1. The van der Waals surface area contributed by atoms with Crippen LogP contribution in [-0.4, -0.2) is 28.7 Å². The lowest BCUT2D eigenvalue weighted by molar-refractivity contribution is -0.123. The maximum absolute atomic E-state index is 12.3. The highest BCUT2D eigenvalue weighted by Gasteiger charge is 2.12. The lowest BCUT2D eigenvalue weighted by Gasteiger charge is -2.12. The molecule has 32 heavy (non-hydrogen) atoms. The molecule has 0 aliphatic heterocycles. The van der Waals surface area contributed by atoms with Crippen LogP contribution in [0.15, 0.2) is 78.9 Å². The van der Waals surface area contributed by atoms with Gasteiger partial charge in [-0.15, -0.1) is 0 Å². The molecule has 1 amide bonds. The van der Waals surface area contributed by atoms with Gasteiger partial charge in [-0.2, -0.15) is 0 Å². The Morgan fingerprint density at radius 2 is 1.62 bits per heavy atom. The number of hydrogen-bond donors (Lipinski definition) is 1. The van der Waals surface area contributed by atoms with Gasteiger partial charge in [-0.1, -0.05) is 48.0 Å². The van der Waals surface area contributed by atoms with Crippen LogP contribution >= 0.6 is 0 Å². The number of aryl methyl sites for hydroxylation is 2. The minimum absolute atomic E-state index is 0.0331. The maximum atomic E-state index is 12.3. The summed E-state index contributed by atoms with van der Waals surface area (Å²) in [4.78, 5) is 17.0. The molecule has 164 valence electrons. The number of nitrogens with zero attached hydrogens (tertiary/aromatic N) is 2. The molecule has 0 unspecified atom stereocenters. The maximum Gasteiger partial charge on any atom is 0.258 e. The second kappa shape index (κ2) is 10.5. The molecular weight excluding hydrogens is 402 g/mol. The summed E-state index contributed by atoms with van der Waals surface area (Å²) in [6.45, 7) is 3.71.